The van der Waals surface area contributed by atoms with Gasteiger partial charge in [-0.2, -0.15) is 0 Å². The summed E-state index contributed by atoms with van der Waals surface area (Å²) in [4.78, 5) is 11.0. The SMILES string of the molecule is COc1ccc(COC(C=CCC=O)C(C=C[C@@H]2CC(C)=CCO2)O[Si](C)(C)C(C)(C)C)cc1. The summed E-state index contributed by atoms with van der Waals surface area (Å²) in [6, 6.07) is 7.84. The Hall–Kier alpha value is -1.99. The van der Waals surface area contributed by atoms with E-state index in [2.05, 4.69) is 59.0 Å². The fourth-order valence-electron chi connectivity index (χ4n) is 3.31. The third-order valence-corrected chi connectivity index (χ3v) is 11.0. The van der Waals surface area contributed by atoms with Crippen molar-refractivity contribution in [2.45, 2.75) is 83.6 Å². The highest BCUT2D eigenvalue weighted by Crippen LogP contribution is 2.38. The lowest BCUT2D eigenvalue weighted by Crippen LogP contribution is -2.46. The van der Waals surface area contributed by atoms with Crippen molar-refractivity contribution in [3.8, 4) is 5.75 Å². The molecule has 0 spiro atoms. The first-order chi connectivity index (χ1) is 16.1. The van der Waals surface area contributed by atoms with Gasteiger partial charge in [0.1, 0.15) is 18.1 Å². The van der Waals surface area contributed by atoms with E-state index in [1.54, 1.807) is 7.11 Å². The van der Waals surface area contributed by atoms with Crippen molar-refractivity contribution in [3.05, 3.63) is 65.8 Å². The number of benzene rings is 1. The number of carbonyl (C=O) groups excluding carboxylic acids is 1. The Labute approximate surface area is 207 Å². The van der Waals surface area contributed by atoms with Crippen LogP contribution in [0.5, 0.6) is 5.75 Å². The summed E-state index contributed by atoms with van der Waals surface area (Å²) in [6.45, 7) is 14.4. The van der Waals surface area contributed by atoms with E-state index < -0.39 is 8.32 Å². The number of carbonyl (C=O) groups is 1. The molecule has 0 amide bonds. The maximum Gasteiger partial charge on any atom is 0.193 e. The van der Waals surface area contributed by atoms with Crippen LogP contribution < -0.4 is 4.74 Å². The van der Waals surface area contributed by atoms with E-state index >= 15 is 0 Å². The average molecular weight is 487 g/mol. The van der Waals surface area contributed by atoms with E-state index in [0.29, 0.717) is 19.6 Å². The minimum atomic E-state index is -2.10. The van der Waals surface area contributed by atoms with Gasteiger partial charge in [0.05, 0.1) is 32.5 Å². The van der Waals surface area contributed by atoms with Crippen LogP contribution in [0.1, 0.15) is 46.1 Å². The zero-order valence-corrected chi connectivity index (χ0v) is 22.9. The van der Waals surface area contributed by atoms with Crippen LogP contribution in [0.4, 0.5) is 0 Å². The molecule has 0 saturated heterocycles. The van der Waals surface area contributed by atoms with E-state index in [1.807, 2.05) is 36.4 Å². The van der Waals surface area contributed by atoms with Crippen molar-refractivity contribution in [1.82, 2.24) is 0 Å². The van der Waals surface area contributed by atoms with Crippen LogP contribution in [0.15, 0.2) is 60.2 Å². The molecule has 1 aromatic rings. The molecule has 1 aliphatic rings. The van der Waals surface area contributed by atoms with Crippen molar-refractivity contribution in [2.75, 3.05) is 13.7 Å². The molecular weight excluding hydrogens is 444 g/mol. The van der Waals surface area contributed by atoms with Crippen molar-refractivity contribution in [2.24, 2.45) is 0 Å². The molecular formula is C28H42O5Si. The molecule has 188 valence electrons. The predicted octanol–water partition coefficient (Wildman–Crippen LogP) is 6.41. The van der Waals surface area contributed by atoms with Gasteiger partial charge in [0, 0.05) is 6.42 Å². The lowest BCUT2D eigenvalue weighted by Gasteiger charge is -2.40. The number of allylic oxidation sites excluding steroid dienone is 1. The van der Waals surface area contributed by atoms with Gasteiger partial charge >= 0.3 is 0 Å². The minimum absolute atomic E-state index is 0.0247. The summed E-state index contributed by atoms with van der Waals surface area (Å²) in [6.07, 6.45) is 11.6. The molecule has 3 atom stereocenters. The maximum atomic E-state index is 11.0. The smallest absolute Gasteiger partial charge is 0.193 e. The first-order valence-corrected chi connectivity index (χ1v) is 14.9. The van der Waals surface area contributed by atoms with Crippen molar-refractivity contribution in [1.29, 1.82) is 0 Å². The standard InChI is InChI=1S/C28H42O5Si/c1-22-17-19-31-25(20-22)15-16-27(33-34(6,7)28(2,3)4)26(10-8-9-18-29)32-21-23-11-13-24(30-5)14-12-23/h8,10-18,25-27H,9,19-21H2,1-7H3/t25-,26?,27?/m1/s1. The monoisotopic (exact) mass is 486 g/mol. The van der Waals surface area contributed by atoms with E-state index in [0.717, 1.165) is 24.0 Å². The molecule has 1 aliphatic heterocycles. The highest BCUT2D eigenvalue weighted by atomic mass is 28.4. The number of aldehydes is 1. The topological polar surface area (TPSA) is 54.0 Å². The highest BCUT2D eigenvalue weighted by molar-refractivity contribution is 6.74. The van der Waals surface area contributed by atoms with Crippen LogP contribution in [0.25, 0.3) is 0 Å². The summed E-state index contributed by atoms with van der Waals surface area (Å²) in [5.74, 6) is 0.810. The van der Waals surface area contributed by atoms with Gasteiger partial charge in [0.25, 0.3) is 0 Å². The molecule has 0 bridgehead atoms. The third kappa shape index (κ3) is 8.99. The van der Waals surface area contributed by atoms with Crippen molar-refractivity contribution >= 4 is 14.6 Å². The molecule has 6 heteroatoms. The van der Waals surface area contributed by atoms with Gasteiger partial charge in [0.2, 0.25) is 0 Å². The fourth-order valence-corrected chi connectivity index (χ4v) is 4.55. The second-order valence-electron chi connectivity index (χ2n) is 10.3. The zero-order valence-electron chi connectivity index (χ0n) is 21.9. The van der Waals surface area contributed by atoms with Crippen LogP contribution >= 0.6 is 0 Å². The highest BCUT2D eigenvalue weighted by Gasteiger charge is 2.40. The lowest BCUT2D eigenvalue weighted by molar-refractivity contribution is -0.107. The van der Waals surface area contributed by atoms with Crippen LogP contribution in [0.2, 0.25) is 18.1 Å². The van der Waals surface area contributed by atoms with E-state index in [1.165, 1.54) is 5.57 Å². The van der Waals surface area contributed by atoms with E-state index in [9.17, 15) is 4.79 Å². The molecule has 34 heavy (non-hydrogen) atoms. The largest absolute Gasteiger partial charge is 0.497 e. The number of ether oxygens (including phenoxy) is 3. The maximum absolute atomic E-state index is 11.0. The molecule has 0 saturated carbocycles. The summed E-state index contributed by atoms with van der Waals surface area (Å²) in [5.41, 5.74) is 2.38. The molecule has 0 radical (unpaired) electrons. The molecule has 2 rings (SSSR count). The van der Waals surface area contributed by atoms with Crippen LogP contribution in [0.3, 0.4) is 0 Å². The van der Waals surface area contributed by atoms with Crippen LogP contribution in [-0.4, -0.2) is 46.6 Å². The predicted molar refractivity (Wildman–Crippen MR) is 141 cm³/mol. The summed E-state index contributed by atoms with van der Waals surface area (Å²) < 4.78 is 24.4. The van der Waals surface area contributed by atoms with Crippen LogP contribution in [-0.2, 0) is 25.3 Å². The Bertz CT molecular complexity index is 849. The Balaban J connectivity index is 2.28. The van der Waals surface area contributed by atoms with E-state index in [4.69, 9.17) is 18.6 Å². The average Bonchev–Trinajstić information content (AvgIpc) is 2.78. The number of rotatable bonds is 12. The molecule has 0 aromatic heterocycles. The fraction of sp³-hybridized carbons (Fsp3) is 0.536. The minimum Gasteiger partial charge on any atom is -0.497 e. The normalized spacial score (nSPS) is 19.3. The summed E-state index contributed by atoms with van der Waals surface area (Å²) >= 11 is 0. The second-order valence-corrected chi connectivity index (χ2v) is 15.1. The number of methoxy groups -OCH3 is 1. The third-order valence-electron chi connectivity index (χ3n) is 6.50. The zero-order chi connectivity index (χ0) is 25.2. The number of hydrogen-bond acceptors (Lipinski definition) is 5. The Kier molecular flexibility index (Phi) is 11.0. The Morgan fingerprint density at radius 2 is 1.85 bits per heavy atom. The summed E-state index contributed by atoms with van der Waals surface area (Å²) in [5, 5.41) is 0.0484. The lowest BCUT2D eigenvalue weighted by atomic mass is 10.1. The first kappa shape index (κ1) is 28.2. The molecule has 0 fully saturated rings. The molecule has 0 N–H and O–H groups in total. The Morgan fingerprint density at radius 3 is 2.44 bits per heavy atom. The quantitative estimate of drug-likeness (QED) is 0.194. The Morgan fingerprint density at radius 1 is 1.15 bits per heavy atom. The molecule has 5 nitrogen and oxygen atoms in total. The van der Waals surface area contributed by atoms with E-state index in [-0.39, 0.29) is 23.4 Å². The van der Waals surface area contributed by atoms with Crippen LogP contribution in [0, 0.1) is 0 Å². The molecule has 2 unspecified atom stereocenters. The van der Waals surface area contributed by atoms with Crippen molar-refractivity contribution in [3.63, 3.8) is 0 Å². The first-order valence-electron chi connectivity index (χ1n) is 12.0. The van der Waals surface area contributed by atoms with Gasteiger partial charge in [-0.25, -0.2) is 0 Å². The van der Waals surface area contributed by atoms with Gasteiger partial charge in [-0.1, -0.05) is 68.9 Å². The number of hydrogen-bond donors (Lipinski definition) is 0. The van der Waals surface area contributed by atoms with Gasteiger partial charge in [-0.15, -0.1) is 0 Å². The van der Waals surface area contributed by atoms with Gasteiger partial charge in [-0.05, 0) is 49.2 Å². The molecule has 1 heterocycles. The van der Waals surface area contributed by atoms with Gasteiger partial charge in [-0.3, -0.25) is 0 Å². The molecule has 0 aliphatic carbocycles. The summed E-state index contributed by atoms with van der Waals surface area (Å²) in [7, 11) is -0.448. The van der Waals surface area contributed by atoms with Gasteiger partial charge < -0.3 is 23.4 Å². The molecule has 1 aromatic carbocycles. The second kappa shape index (κ2) is 13.2. The van der Waals surface area contributed by atoms with Gasteiger partial charge in [0.15, 0.2) is 8.32 Å². The van der Waals surface area contributed by atoms with Crippen molar-refractivity contribution < 1.29 is 23.4 Å².